The monoisotopic (exact) mass is 639 g/mol. The number of nitrogens with zero attached hydrogens (tertiary/aromatic N) is 3. The van der Waals surface area contributed by atoms with Crippen LogP contribution in [0.25, 0.3) is 83.6 Å². The van der Waals surface area contributed by atoms with Gasteiger partial charge in [0, 0.05) is 38.7 Å². The zero-order chi connectivity index (χ0) is 33.4. The number of para-hydroxylation sites is 1. The van der Waals surface area contributed by atoms with Gasteiger partial charge in [-0.2, -0.15) is 0 Å². The van der Waals surface area contributed by atoms with E-state index in [2.05, 4.69) is 169 Å². The molecule has 0 fully saturated rings. The quantitative estimate of drug-likeness (QED) is 0.181. The highest BCUT2D eigenvalue weighted by Crippen LogP contribution is 2.37. The Morgan fingerprint density at radius 2 is 0.880 bits per heavy atom. The lowest BCUT2D eigenvalue weighted by molar-refractivity contribution is 1.15. The molecular formula is C47H33N3. The Kier molecular flexibility index (Phi) is 7.37. The summed E-state index contributed by atoms with van der Waals surface area (Å²) in [5.74, 6) is 0.721. The van der Waals surface area contributed by atoms with E-state index >= 15 is 0 Å². The van der Waals surface area contributed by atoms with Crippen LogP contribution < -0.4 is 0 Å². The largest absolute Gasteiger partial charge is 0.309 e. The van der Waals surface area contributed by atoms with Crippen molar-refractivity contribution in [2.24, 2.45) is 0 Å². The highest BCUT2D eigenvalue weighted by molar-refractivity contribution is 6.10. The van der Waals surface area contributed by atoms with E-state index in [0.29, 0.717) is 0 Å². The van der Waals surface area contributed by atoms with E-state index < -0.39 is 0 Å². The molecule has 0 unspecified atom stereocenters. The fourth-order valence-electron chi connectivity index (χ4n) is 7.12. The third kappa shape index (κ3) is 5.26. The topological polar surface area (TPSA) is 30.7 Å². The van der Waals surface area contributed by atoms with Crippen molar-refractivity contribution in [3.8, 4) is 61.8 Å². The molecule has 0 spiro atoms. The molecule has 236 valence electrons. The van der Waals surface area contributed by atoms with Crippen LogP contribution in [0.5, 0.6) is 0 Å². The fourth-order valence-corrected chi connectivity index (χ4v) is 7.12. The average Bonchev–Trinajstić information content (AvgIpc) is 3.53. The first kappa shape index (κ1) is 29.6. The van der Waals surface area contributed by atoms with Gasteiger partial charge < -0.3 is 4.57 Å². The fraction of sp³-hybridized carbons (Fsp3) is 0.0213. The van der Waals surface area contributed by atoms with Crippen molar-refractivity contribution in [2.75, 3.05) is 0 Å². The molecule has 7 aromatic carbocycles. The van der Waals surface area contributed by atoms with E-state index in [1.807, 2.05) is 24.3 Å². The van der Waals surface area contributed by atoms with Crippen LogP contribution in [0.2, 0.25) is 0 Å². The minimum absolute atomic E-state index is 0.721. The maximum absolute atomic E-state index is 5.18. The zero-order valence-electron chi connectivity index (χ0n) is 27.7. The van der Waals surface area contributed by atoms with Crippen molar-refractivity contribution >= 4 is 21.8 Å². The Hall–Kier alpha value is -6.58. The van der Waals surface area contributed by atoms with Gasteiger partial charge in [-0.05, 0) is 59.5 Å². The second kappa shape index (κ2) is 12.5. The van der Waals surface area contributed by atoms with E-state index in [0.717, 1.165) is 56.3 Å². The molecule has 0 atom stereocenters. The van der Waals surface area contributed by atoms with Crippen molar-refractivity contribution in [3.05, 3.63) is 188 Å². The Balaban J connectivity index is 1.18. The molecule has 0 N–H and O–H groups in total. The Bertz CT molecular complexity index is 2640. The molecule has 0 aliphatic heterocycles. The van der Waals surface area contributed by atoms with Gasteiger partial charge in [0.2, 0.25) is 0 Å². The lowest BCUT2D eigenvalue weighted by atomic mass is 9.97. The molecule has 3 heteroatoms. The Morgan fingerprint density at radius 1 is 0.360 bits per heavy atom. The predicted molar refractivity (Wildman–Crippen MR) is 208 cm³/mol. The summed E-state index contributed by atoms with van der Waals surface area (Å²) < 4.78 is 2.40. The smallest absolute Gasteiger partial charge is 0.160 e. The molecule has 0 bridgehead atoms. The molecule has 0 saturated carbocycles. The van der Waals surface area contributed by atoms with Crippen LogP contribution in [-0.2, 0) is 0 Å². The first-order chi connectivity index (χ1) is 24.7. The predicted octanol–water partition coefficient (Wildman–Crippen LogP) is 12.2. The molecule has 0 aliphatic rings. The molecule has 9 aromatic rings. The molecular weight excluding hydrogens is 607 g/mol. The highest BCUT2D eigenvalue weighted by Gasteiger charge is 2.17. The van der Waals surface area contributed by atoms with E-state index in [-0.39, 0.29) is 0 Å². The van der Waals surface area contributed by atoms with Crippen LogP contribution in [0.15, 0.2) is 182 Å². The number of rotatable bonds is 6. The van der Waals surface area contributed by atoms with Gasteiger partial charge in [0.05, 0.1) is 22.4 Å². The highest BCUT2D eigenvalue weighted by atomic mass is 15.0. The number of hydrogen-bond acceptors (Lipinski definition) is 2. The molecule has 2 aromatic heterocycles. The Morgan fingerprint density at radius 3 is 1.62 bits per heavy atom. The lowest BCUT2D eigenvalue weighted by Gasteiger charge is -2.15. The van der Waals surface area contributed by atoms with Crippen LogP contribution in [0, 0.1) is 6.92 Å². The van der Waals surface area contributed by atoms with Gasteiger partial charge in [0.15, 0.2) is 5.82 Å². The van der Waals surface area contributed by atoms with Crippen LogP contribution in [0.4, 0.5) is 0 Å². The molecule has 0 amide bonds. The SMILES string of the molecule is Cc1c(-c2ccccc2)nc(-c2ccccc2)nc1-c1cccc(-c2cccc(-n3c4ccccc4c4ccc(-c5ccccc5)cc43)c2)c1. The van der Waals surface area contributed by atoms with Crippen LogP contribution in [-0.4, -0.2) is 14.5 Å². The average molecular weight is 640 g/mol. The summed E-state index contributed by atoms with van der Waals surface area (Å²) in [6.45, 7) is 2.13. The summed E-state index contributed by atoms with van der Waals surface area (Å²) in [5, 5.41) is 2.49. The van der Waals surface area contributed by atoms with Gasteiger partial charge in [-0.15, -0.1) is 0 Å². The second-order valence-electron chi connectivity index (χ2n) is 12.7. The maximum atomic E-state index is 5.18. The number of fused-ring (bicyclic) bond motifs is 3. The Labute approximate surface area is 291 Å². The van der Waals surface area contributed by atoms with E-state index in [4.69, 9.17) is 9.97 Å². The summed E-state index contributed by atoms with van der Waals surface area (Å²) in [6.07, 6.45) is 0. The van der Waals surface area contributed by atoms with E-state index in [9.17, 15) is 0 Å². The maximum Gasteiger partial charge on any atom is 0.160 e. The minimum Gasteiger partial charge on any atom is -0.309 e. The van der Waals surface area contributed by atoms with Crippen LogP contribution in [0.3, 0.4) is 0 Å². The van der Waals surface area contributed by atoms with Gasteiger partial charge in [0.1, 0.15) is 0 Å². The van der Waals surface area contributed by atoms with E-state index in [1.54, 1.807) is 0 Å². The summed E-state index contributed by atoms with van der Waals surface area (Å²) in [7, 11) is 0. The van der Waals surface area contributed by atoms with Crippen molar-refractivity contribution < 1.29 is 0 Å². The molecule has 9 rings (SSSR count). The summed E-state index contributed by atoms with van der Waals surface area (Å²) in [4.78, 5) is 10.3. The molecule has 2 heterocycles. The first-order valence-electron chi connectivity index (χ1n) is 17.0. The zero-order valence-corrected chi connectivity index (χ0v) is 27.7. The van der Waals surface area contributed by atoms with Gasteiger partial charge in [-0.3, -0.25) is 0 Å². The van der Waals surface area contributed by atoms with Crippen LogP contribution >= 0.6 is 0 Å². The van der Waals surface area contributed by atoms with Crippen molar-refractivity contribution in [2.45, 2.75) is 6.92 Å². The lowest BCUT2D eigenvalue weighted by Crippen LogP contribution is -2.00. The number of aromatic nitrogens is 3. The standard InChI is InChI=1S/C47H33N3/c1-32-45(34-17-7-3-8-18-34)48-47(35-19-9-4-10-20-35)49-46(32)39-23-13-21-36(29-39)37-22-14-24-40(30-37)50-43-26-12-11-25-41(43)42-28-27-38(31-44(42)50)33-15-5-2-6-16-33/h2-31H,1H3. The number of hydrogen-bond donors (Lipinski definition) is 0. The molecule has 50 heavy (non-hydrogen) atoms. The molecule has 0 aliphatic carbocycles. The normalized spacial score (nSPS) is 11.3. The van der Waals surface area contributed by atoms with Crippen molar-refractivity contribution in [1.29, 1.82) is 0 Å². The van der Waals surface area contributed by atoms with Gasteiger partial charge >= 0.3 is 0 Å². The third-order valence-corrected chi connectivity index (χ3v) is 9.58. The molecule has 0 radical (unpaired) electrons. The summed E-state index contributed by atoms with van der Waals surface area (Å²) in [6, 6.07) is 64.4. The molecule has 3 nitrogen and oxygen atoms in total. The third-order valence-electron chi connectivity index (χ3n) is 9.58. The summed E-state index contributed by atoms with van der Waals surface area (Å²) >= 11 is 0. The van der Waals surface area contributed by atoms with Crippen LogP contribution in [0.1, 0.15) is 5.56 Å². The molecule has 0 saturated heterocycles. The van der Waals surface area contributed by atoms with E-state index in [1.165, 1.54) is 32.9 Å². The van der Waals surface area contributed by atoms with Crippen molar-refractivity contribution in [1.82, 2.24) is 14.5 Å². The van der Waals surface area contributed by atoms with Gasteiger partial charge in [-0.1, -0.05) is 152 Å². The van der Waals surface area contributed by atoms with Gasteiger partial charge in [-0.25, -0.2) is 9.97 Å². The first-order valence-corrected chi connectivity index (χ1v) is 17.0. The van der Waals surface area contributed by atoms with Crippen molar-refractivity contribution in [3.63, 3.8) is 0 Å². The second-order valence-corrected chi connectivity index (χ2v) is 12.7. The van der Waals surface area contributed by atoms with Gasteiger partial charge in [0.25, 0.3) is 0 Å². The number of benzene rings is 7. The minimum atomic E-state index is 0.721. The summed E-state index contributed by atoms with van der Waals surface area (Å²) in [5.41, 5.74) is 14.3.